The highest BCUT2D eigenvalue weighted by molar-refractivity contribution is 7.07. The van der Waals surface area contributed by atoms with Gasteiger partial charge in [0.2, 0.25) is 5.91 Å². The fourth-order valence-corrected chi connectivity index (χ4v) is 6.01. The summed E-state index contributed by atoms with van der Waals surface area (Å²) >= 11 is 1.74. The Morgan fingerprint density at radius 1 is 0.925 bits per heavy atom. The molecule has 0 atom stereocenters. The average molecular weight is 565 g/mol. The van der Waals surface area contributed by atoms with Gasteiger partial charge in [0, 0.05) is 56.2 Å². The molecule has 0 N–H and O–H groups in total. The minimum Gasteiger partial charge on any atom is -0.350 e. The van der Waals surface area contributed by atoms with Gasteiger partial charge in [0.25, 0.3) is 0 Å². The molecule has 2 heterocycles. The molecule has 1 fully saturated rings. The van der Waals surface area contributed by atoms with Crippen molar-refractivity contribution in [2.24, 2.45) is 12.0 Å². The molecule has 0 radical (unpaired) electrons. The van der Waals surface area contributed by atoms with E-state index in [2.05, 4.69) is 22.1 Å². The second kappa shape index (κ2) is 13.7. The Labute approximate surface area is 240 Å². The van der Waals surface area contributed by atoms with Crippen LogP contribution in [0.5, 0.6) is 0 Å². The van der Waals surface area contributed by atoms with Gasteiger partial charge in [0.1, 0.15) is 17.5 Å². The van der Waals surface area contributed by atoms with Crippen molar-refractivity contribution in [2.75, 3.05) is 26.7 Å². The number of halogens is 2. The molecule has 1 aliphatic carbocycles. The van der Waals surface area contributed by atoms with Crippen molar-refractivity contribution in [3.63, 3.8) is 0 Å². The number of nitrogens with zero attached hydrogens (tertiary/aromatic N) is 4. The molecule has 1 amide bonds. The first-order valence-electron chi connectivity index (χ1n) is 13.8. The molecule has 40 heavy (non-hydrogen) atoms. The maximum atomic E-state index is 13.5. The second-order valence-electron chi connectivity index (χ2n) is 10.4. The lowest BCUT2D eigenvalue weighted by Gasteiger charge is -2.26. The number of aliphatic imine (C=N–C) groups is 1. The van der Waals surface area contributed by atoms with Gasteiger partial charge in [-0.1, -0.05) is 36.7 Å². The highest BCUT2D eigenvalue weighted by atomic mass is 32.1. The number of amides is 1. The molecule has 3 aromatic rings. The van der Waals surface area contributed by atoms with Crippen LogP contribution in [0.3, 0.4) is 0 Å². The summed E-state index contributed by atoms with van der Waals surface area (Å²) in [6.07, 6.45) is 8.52. The molecule has 2 aromatic carbocycles. The molecule has 5 rings (SSSR count). The summed E-state index contributed by atoms with van der Waals surface area (Å²) in [4.78, 5) is 22.8. The second-order valence-corrected chi connectivity index (χ2v) is 11.6. The van der Waals surface area contributed by atoms with E-state index in [1.165, 1.54) is 72.5 Å². The summed E-state index contributed by atoms with van der Waals surface area (Å²) in [5.74, 6) is -0.198. The van der Waals surface area contributed by atoms with E-state index in [1.807, 2.05) is 11.9 Å². The zero-order chi connectivity index (χ0) is 28.6. The minimum atomic E-state index is -0.355. The van der Waals surface area contributed by atoms with Crippen LogP contribution in [0.15, 0.2) is 72.3 Å². The topological polar surface area (TPSA) is 40.8 Å². The number of allylic oxidation sites excluding steroid dienone is 1. The van der Waals surface area contributed by atoms with Gasteiger partial charge in [-0.3, -0.25) is 4.79 Å². The molecule has 212 valence electrons. The number of carbonyl (C=O) groups excluding carboxylic acids is 1. The van der Waals surface area contributed by atoms with E-state index in [9.17, 15) is 13.6 Å². The van der Waals surface area contributed by atoms with Gasteiger partial charge in [-0.2, -0.15) is 0 Å². The van der Waals surface area contributed by atoms with Crippen molar-refractivity contribution in [3.8, 4) is 0 Å². The van der Waals surface area contributed by atoms with E-state index in [4.69, 9.17) is 0 Å². The third-order valence-electron chi connectivity index (χ3n) is 7.34. The predicted molar refractivity (Wildman–Crippen MR) is 161 cm³/mol. The van der Waals surface area contributed by atoms with Crippen LogP contribution in [0, 0.1) is 11.6 Å². The number of benzene rings is 2. The monoisotopic (exact) mass is 564 g/mol. The summed E-state index contributed by atoms with van der Waals surface area (Å²) in [7, 11) is 3.83. The van der Waals surface area contributed by atoms with Gasteiger partial charge in [0.15, 0.2) is 0 Å². The standard InChI is InChI=1S/C25H26F2N4OS.C7H12/c1-17(18-4-8-20(26)9-5-18)28-25(19-6-10-21(27)11-7-19)29(2)16-24(32)31-14-12-22-23(13-15-31)33-30(22)3;1-7-5-3-2-4-6-7/h4-11H,1,12-16H2,2-3H3;1-6H2. The van der Waals surface area contributed by atoms with E-state index < -0.39 is 0 Å². The first-order chi connectivity index (χ1) is 19.2. The number of rotatable bonds is 5. The molecular weight excluding hydrogens is 526 g/mol. The maximum absolute atomic E-state index is 13.5. The Hall–Kier alpha value is -3.52. The summed E-state index contributed by atoms with van der Waals surface area (Å²) in [5, 5.41) is 0. The van der Waals surface area contributed by atoms with Crippen LogP contribution in [0.4, 0.5) is 8.78 Å². The van der Waals surface area contributed by atoms with Crippen LogP contribution in [0.2, 0.25) is 0 Å². The smallest absolute Gasteiger partial charge is 0.242 e. The number of amidine groups is 1. The number of hydrogen-bond donors (Lipinski definition) is 0. The Kier molecular flexibility index (Phi) is 10.1. The van der Waals surface area contributed by atoms with Crippen molar-refractivity contribution >= 4 is 29.0 Å². The van der Waals surface area contributed by atoms with Crippen molar-refractivity contribution in [2.45, 2.75) is 44.9 Å². The quantitative estimate of drug-likeness (QED) is 0.193. The molecular formula is C32H38F2N4OS. The lowest BCUT2D eigenvalue weighted by atomic mass is 9.97. The SMILES string of the molecule is C=C(N=C(c1ccc(F)cc1)N(C)CC(=O)N1CCc2sn(C)c2CC1)c1ccc(F)cc1.C=C1CCCCC1. The average Bonchev–Trinajstić information content (AvgIpc) is 3.12. The van der Waals surface area contributed by atoms with Crippen molar-refractivity contribution in [3.05, 3.63) is 101 Å². The number of likely N-dealkylation sites (N-methyl/N-ethyl adjacent to an activating group) is 1. The number of aromatic nitrogens is 1. The number of hydrogen-bond acceptors (Lipinski definition) is 3. The van der Waals surface area contributed by atoms with Crippen molar-refractivity contribution in [1.29, 1.82) is 0 Å². The Morgan fingerprint density at radius 2 is 1.50 bits per heavy atom. The fourth-order valence-electron chi connectivity index (χ4n) is 4.97. The first kappa shape index (κ1) is 29.5. The zero-order valence-corrected chi connectivity index (χ0v) is 24.3. The molecule has 0 bridgehead atoms. The van der Waals surface area contributed by atoms with E-state index in [1.54, 1.807) is 47.7 Å². The normalized spacial score (nSPS) is 15.6. The Morgan fingerprint density at radius 3 is 2.05 bits per heavy atom. The summed E-state index contributed by atoms with van der Waals surface area (Å²) < 4.78 is 29.0. The molecule has 1 saturated carbocycles. The highest BCUT2D eigenvalue weighted by Crippen LogP contribution is 2.25. The number of fused-ring (bicyclic) bond motifs is 1. The lowest BCUT2D eigenvalue weighted by molar-refractivity contribution is -0.131. The van der Waals surface area contributed by atoms with E-state index in [0.717, 1.165) is 12.8 Å². The highest BCUT2D eigenvalue weighted by Gasteiger charge is 2.24. The van der Waals surface area contributed by atoms with Crippen molar-refractivity contribution < 1.29 is 13.6 Å². The van der Waals surface area contributed by atoms with Crippen LogP contribution in [0.25, 0.3) is 5.70 Å². The van der Waals surface area contributed by atoms with Gasteiger partial charge in [-0.05, 0) is 79.8 Å². The summed E-state index contributed by atoms with van der Waals surface area (Å²) in [6, 6.07) is 11.9. The van der Waals surface area contributed by atoms with Crippen LogP contribution in [-0.4, -0.2) is 52.2 Å². The molecule has 1 aliphatic heterocycles. The Balaban J connectivity index is 0.000000461. The van der Waals surface area contributed by atoms with Crippen LogP contribution >= 0.6 is 11.5 Å². The van der Waals surface area contributed by atoms with Gasteiger partial charge < -0.3 is 13.8 Å². The van der Waals surface area contributed by atoms with Crippen LogP contribution in [0.1, 0.15) is 53.8 Å². The van der Waals surface area contributed by atoms with Gasteiger partial charge in [0.05, 0.1) is 12.2 Å². The first-order valence-corrected chi connectivity index (χ1v) is 14.6. The molecule has 0 saturated heterocycles. The van der Waals surface area contributed by atoms with Crippen LogP contribution < -0.4 is 0 Å². The minimum absolute atomic E-state index is 0.00913. The number of carbonyl (C=O) groups is 1. The molecule has 0 spiro atoms. The largest absolute Gasteiger partial charge is 0.350 e. The molecule has 8 heteroatoms. The molecule has 5 nitrogen and oxygen atoms in total. The zero-order valence-electron chi connectivity index (χ0n) is 23.5. The predicted octanol–water partition coefficient (Wildman–Crippen LogP) is 6.85. The fraction of sp³-hybridized carbons (Fsp3) is 0.375. The summed E-state index contributed by atoms with van der Waals surface area (Å²) in [5.41, 5.74) is 4.54. The van der Waals surface area contributed by atoms with Gasteiger partial charge in [-0.15, -0.1) is 0 Å². The van der Waals surface area contributed by atoms with E-state index >= 15 is 0 Å². The van der Waals surface area contributed by atoms with Crippen LogP contribution in [-0.2, 0) is 24.7 Å². The molecule has 0 unspecified atom stereocenters. The third-order valence-corrected chi connectivity index (χ3v) is 8.50. The molecule has 1 aromatic heterocycles. The lowest BCUT2D eigenvalue weighted by Crippen LogP contribution is -2.42. The Bertz CT molecular complexity index is 1350. The van der Waals surface area contributed by atoms with Crippen molar-refractivity contribution in [1.82, 2.24) is 13.8 Å². The third kappa shape index (κ3) is 7.78. The van der Waals surface area contributed by atoms with Gasteiger partial charge >= 0.3 is 0 Å². The summed E-state index contributed by atoms with van der Waals surface area (Å²) in [6.45, 7) is 9.43. The maximum Gasteiger partial charge on any atom is 0.242 e. The number of aryl methyl sites for hydroxylation is 1. The molecule has 2 aliphatic rings. The van der Waals surface area contributed by atoms with Gasteiger partial charge in [-0.25, -0.2) is 13.8 Å². The van der Waals surface area contributed by atoms with E-state index in [-0.39, 0.29) is 24.1 Å². The van der Waals surface area contributed by atoms with E-state index in [0.29, 0.717) is 35.7 Å².